The topological polar surface area (TPSA) is 76.3 Å². The Morgan fingerprint density at radius 2 is 1.93 bits per heavy atom. The molecule has 1 aromatic rings. The summed E-state index contributed by atoms with van der Waals surface area (Å²) in [7, 11) is 0. The van der Waals surface area contributed by atoms with Crippen molar-refractivity contribution in [1.29, 1.82) is 0 Å². The first-order valence-corrected chi connectivity index (χ1v) is 9.91. The Kier molecular flexibility index (Phi) is 5.41. The van der Waals surface area contributed by atoms with E-state index in [0.29, 0.717) is 5.89 Å². The van der Waals surface area contributed by atoms with Gasteiger partial charge in [-0.1, -0.05) is 52.1 Å². The van der Waals surface area contributed by atoms with Gasteiger partial charge in [-0.05, 0) is 18.3 Å². The first-order valence-electron chi connectivity index (χ1n) is 9.91. The molecule has 0 radical (unpaired) electrons. The number of halogens is 1. The first kappa shape index (κ1) is 20.0. The zero-order valence-corrected chi connectivity index (χ0v) is 16.8. The molecule has 150 valence electrons. The summed E-state index contributed by atoms with van der Waals surface area (Å²) >= 11 is 0. The highest BCUT2D eigenvalue weighted by Gasteiger charge is 2.43. The van der Waals surface area contributed by atoms with Crippen LogP contribution in [0.25, 0.3) is 0 Å². The fourth-order valence-electron chi connectivity index (χ4n) is 4.13. The number of rotatable bonds is 4. The number of nitrogens with zero attached hydrogens (tertiary/aromatic N) is 3. The zero-order valence-electron chi connectivity index (χ0n) is 16.8. The summed E-state index contributed by atoms with van der Waals surface area (Å²) in [5, 5.41) is 3.88. The van der Waals surface area contributed by atoms with Gasteiger partial charge in [-0.2, -0.15) is 4.98 Å². The average Bonchev–Trinajstić information content (AvgIpc) is 3.20. The summed E-state index contributed by atoms with van der Waals surface area (Å²) in [5.41, 5.74) is -0.433. The van der Waals surface area contributed by atoms with Gasteiger partial charge in [0.25, 0.3) is 0 Å². The third-order valence-corrected chi connectivity index (χ3v) is 5.67. The lowest BCUT2D eigenvalue weighted by molar-refractivity contribution is -0.133. The lowest BCUT2D eigenvalue weighted by Gasteiger charge is -2.29. The molecular formula is C20H30FN3O3. The van der Waals surface area contributed by atoms with Gasteiger partial charge in [0.15, 0.2) is 0 Å². The fourth-order valence-corrected chi connectivity index (χ4v) is 4.13. The Hall–Kier alpha value is -1.79. The van der Waals surface area contributed by atoms with Crippen LogP contribution in [0.15, 0.2) is 4.52 Å². The maximum atomic E-state index is 14.0. The van der Waals surface area contributed by atoms with Crippen LogP contribution in [0, 0.1) is 5.41 Å². The quantitative estimate of drug-likeness (QED) is 0.743. The number of carbonyl (C=O) groups excluding carboxylic acids is 2. The van der Waals surface area contributed by atoms with E-state index in [-0.39, 0.29) is 41.9 Å². The molecule has 1 aliphatic carbocycles. The fraction of sp³-hybridized carbons (Fsp3) is 0.800. The number of alkyl halides is 1. The highest BCUT2D eigenvalue weighted by Crippen LogP contribution is 2.38. The Bertz CT molecular complexity index is 704. The number of hydrogen-bond acceptors (Lipinski definition) is 5. The van der Waals surface area contributed by atoms with E-state index in [1.807, 2.05) is 20.8 Å². The van der Waals surface area contributed by atoms with E-state index in [9.17, 15) is 14.0 Å². The molecule has 0 aromatic carbocycles. The third kappa shape index (κ3) is 4.38. The largest absolute Gasteiger partial charge is 0.338 e. The molecule has 3 rings (SSSR count). The molecule has 1 aromatic heterocycles. The molecule has 0 spiro atoms. The average molecular weight is 379 g/mol. The molecule has 7 heteroatoms. The minimum Gasteiger partial charge on any atom is -0.338 e. The SMILES string of the molecule is CC(C)(C)CC(=O)N1C[C@@H](F)CC1C(=O)c1noc(C2(C)CCCCC2)n1. The zero-order chi connectivity index (χ0) is 19.8. The van der Waals surface area contributed by atoms with Crippen molar-refractivity contribution in [2.75, 3.05) is 6.54 Å². The molecule has 1 amide bonds. The van der Waals surface area contributed by atoms with Crippen LogP contribution in [-0.2, 0) is 10.2 Å². The van der Waals surface area contributed by atoms with Crippen molar-refractivity contribution in [3.05, 3.63) is 11.7 Å². The van der Waals surface area contributed by atoms with Crippen LogP contribution >= 0.6 is 0 Å². The van der Waals surface area contributed by atoms with Crippen LogP contribution in [0.1, 0.15) is 89.2 Å². The predicted octanol–water partition coefficient (Wildman–Crippen LogP) is 3.85. The van der Waals surface area contributed by atoms with Gasteiger partial charge in [-0.25, -0.2) is 4.39 Å². The van der Waals surface area contributed by atoms with E-state index in [1.54, 1.807) is 0 Å². The van der Waals surface area contributed by atoms with E-state index < -0.39 is 18.0 Å². The maximum absolute atomic E-state index is 14.0. The summed E-state index contributed by atoms with van der Waals surface area (Å²) in [6.07, 6.45) is 4.36. The molecule has 2 heterocycles. The molecule has 1 unspecified atom stereocenters. The number of aromatic nitrogens is 2. The van der Waals surface area contributed by atoms with E-state index in [4.69, 9.17) is 4.52 Å². The van der Waals surface area contributed by atoms with Crippen molar-refractivity contribution in [1.82, 2.24) is 15.0 Å². The van der Waals surface area contributed by atoms with Crippen molar-refractivity contribution < 1.29 is 18.5 Å². The summed E-state index contributed by atoms with van der Waals surface area (Å²) in [6.45, 7) is 7.87. The van der Waals surface area contributed by atoms with Crippen molar-refractivity contribution in [2.45, 2.75) is 90.3 Å². The molecular weight excluding hydrogens is 349 g/mol. The van der Waals surface area contributed by atoms with E-state index >= 15 is 0 Å². The van der Waals surface area contributed by atoms with Gasteiger partial charge >= 0.3 is 0 Å². The second kappa shape index (κ2) is 7.32. The maximum Gasteiger partial charge on any atom is 0.240 e. The van der Waals surface area contributed by atoms with Crippen LogP contribution in [-0.4, -0.2) is 45.5 Å². The Morgan fingerprint density at radius 1 is 1.26 bits per heavy atom. The van der Waals surface area contributed by atoms with Crippen LogP contribution in [0.4, 0.5) is 4.39 Å². The minimum absolute atomic E-state index is 0.00411. The number of carbonyl (C=O) groups is 2. The van der Waals surface area contributed by atoms with E-state index in [2.05, 4.69) is 17.1 Å². The van der Waals surface area contributed by atoms with Crippen LogP contribution in [0.3, 0.4) is 0 Å². The second-order valence-electron chi connectivity index (χ2n) is 9.54. The third-order valence-electron chi connectivity index (χ3n) is 5.67. The molecule has 1 saturated carbocycles. The summed E-state index contributed by atoms with van der Waals surface area (Å²) in [5.74, 6) is -0.187. The molecule has 2 fully saturated rings. The Balaban J connectivity index is 1.77. The summed E-state index contributed by atoms with van der Waals surface area (Å²) in [6, 6.07) is -0.848. The van der Waals surface area contributed by atoms with Crippen LogP contribution < -0.4 is 0 Å². The smallest absolute Gasteiger partial charge is 0.240 e. The van der Waals surface area contributed by atoms with Gasteiger partial charge in [-0.15, -0.1) is 0 Å². The summed E-state index contributed by atoms with van der Waals surface area (Å²) in [4.78, 5) is 31.2. The standard InChI is InChI=1S/C20H30FN3O3/c1-19(2,3)11-15(25)24-12-13(21)10-14(24)16(26)17-22-18(27-23-17)20(4)8-6-5-7-9-20/h13-14H,5-12H2,1-4H3/t13-,14?/m0/s1. The number of amides is 1. The molecule has 6 nitrogen and oxygen atoms in total. The van der Waals surface area contributed by atoms with Gasteiger partial charge in [-0.3, -0.25) is 9.59 Å². The molecule has 1 saturated heterocycles. The predicted molar refractivity (Wildman–Crippen MR) is 98.2 cm³/mol. The minimum atomic E-state index is -1.20. The molecule has 0 N–H and O–H groups in total. The molecule has 2 atom stereocenters. The second-order valence-corrected chi connectivity index (χ2v) is 9.54. The normalized spacial score (nSPS) is 25.6. The van der Waals surface area contributed by atoms with Crippen molar-refractivity contribution in [2.24, 2.45) is 5.41 Å². The highest BCUT2D eigenvalue weighted by atomic mass is 19.1. The van der Waals surface area contributed by atoms with Crippen LogP contribution in [0.5, 0.6) is 0 Å². The summed E-state index contributed by atoms with van der Waals surface area (Å²) < 4.78 is 19.5. The Labute approximate surface area is 159 Å². The molecule has 27 heavy (non-hydrogen) atoms. The number of likely N-dealkylation sites (tertiary alicyclic amines) is 1. The van der Waals surface area contributed by atoms with Crippen LogP contribution in [0.2, 0.25) is 0 Å². The number of ketones is 1. The molecule has 2 aliphatic rings. The number of Topliss-reactive ketones (excluding diaryl/α,β-unsaturated/α-hetero) is 1. The monoisotopic (exact) mass is 379 g/mol. The van der Waals surface area contributed by atoms with Gasteiger partial charge in [0.05, 0.1) is 6.54 Å². The van der Waals surface area contributed by atoms with Crippen molar-refractivity contribution in [3.8, 4) is 0 Å². The Morgan fingerprint density at radius 3 is 2.56 bits per heavy atom. The van der Waals surface area contributed by atoms with Gasteiger partial charge in [0, 0.05) is 18.3 Å². The van der Waals surface area contributed by atoms with Gasteiger partial charge in [0.1, 0.15) is 12.2 Å². The van der Waals surface area contributed by atoms with Gasteiger partial charge in [0.2, 0.25) is 23.4 Å². The number of hydrogen-bond donors (Lipinski definition) is 0. The molecule has 0 bridgehead atoms. The van der Waals surface area contributed by atoms with E-state index in [0.717, 1.165) is 25.7 Å². The van der Waals surface area contributed by atoms with Crippen molar-refractivity contribution >= 4 is 11.7 Å². The first-order chi connectivity index (χ1) is 12.6. The highest BCUT2D eigenvalue weighted by molar-refractivity contribution is 5.99. The van der Waals surface area contributed by atoms with E-state index in [1.165, 1.54) is 11.3 Å². The lowest BCUT2D eigenvalue weighted by Crippen LogP contribution is -2.42. The van der Waals surface area contributed by atoms with Crippen molar-refractivity contribution in [3.63, 3.8) is 0 Å². The lowest BCUT2D eigenvalue weighted by atomic mass is 9.75. The van der Waals surface area contributed by atoms with Gasteiger partial charge < -0.3 is 9.42 Å². The molecule has 1 aliphatic heterocycles.